The van der Waals surface area contributed by atoms with Crippen LogP contribution in [0, 0.1) is 20.8 Å². The number of nitrogens with zero attached hydrogens (tertiary/aromatic N) is 1. The fraction of sp³-hybridized carbons (Fsp3) is 0.471. The quantitative estimate of drug-likeness (QED) is 0.820. The molecule has 7 heteroatoms. The number of carbonyl (C=O) groups excluding carboxylic acids is 1. The molecule has 0 aromatic carbocycles. The predicted octanol–water partition coefficient (Wildman–Crippen LogP) is 4.05. The van der Waals surface area contributed by atoms with Crippen molar-refractivity contribution in [1.82, 2.24) is 5.16 Å². The third-order valence-electron chi connectivity index (χ3n) is 4.10. The van der Waals surface area contributed by atoms with Crippen molar-refractivity contribution >= 4 is 28.2 Å². The van der Waals surface area contributed by atoms with Crippen molar-refractivity contribution in [2.75, 3.05) is 5.32 Å². The van der Waals surface area contributed by atoms with Crippen LogP contribution in [0.1, 0.15) is 64.0 Å². The molecule has 2 aromatic heterocycles. The number of aromatic nitrogens is 1. The smallest absolute Gasteiger partial charge is 0.339 e. The Kier molecular flexibility index (Phi) is 5.43. The summed E-state index contributed by atoms with van der Waals surface area (Å²) < 4.78 is 5.14. The summed E-state index contributed by atoms with van der Waals surface area (Å²) in [6.45, 7) is 9.38. The molecule has 0 aliphatic rings. The summed E-state index contributed by atoms with van der Waals surface area (Å²) in [5.41, 5.74) is 2.69. The number of hydrogen-bond acceptors (Lipinski definition) is 5. The van der Waals surface area contributed by atoms with Gasteiger partial charge in [0.25, 0.3) is 0 Å². The maximum absolute atomic E-state index is 12.4. The second-order valence-corrected chi connectivity index (χ2v) is 7.12. The highest BCUT2D eigenvalue weighted by molar-refractivity contribution is 7.16. The Balaban J connectivity index is 2.17. The molecule has 0 spiro atoms. The lowest BCUT2D eigenvalue weighted by Gasteiger charge is -2.11. The van der Waals surface area contributed by atoms with Crippen LogP contribution in [0.5, 0.6) is 0 Å². The SMILES string of the molecule is CCc1c(C)sc(NC(=O)CC(C)c2c(C)noc2C)c1C(=O)O. The first-order valence-electron chi connectivity index (χ1n) is 7.84. The first-order chi connectivity index (χ1) is 11.3. The average Bonchev–Trinajstić information content (AvgIpc) is 2.97. The molecule has 1 unspecified atom stereocenters. The molecule has 0 aliphatic carbocycles. The van der Waals surface area contributed by atoms with E-state index in [1.165, 1.54) is 11.3 Å². The summed E-state index contributed by atoms with van der Waals surface area (Å²) in [7, 11) is 0. The number of carboxylic acid groups (broad SMARTS) is 1. The van der Waals surface area contributed by atoms with E-state index < -0.39 is 5.97 Å². The minimum Gasteiger partial charge on any atom is -0.478 e. The van der Waals surface area contributed by atoms with Crippen LogP contribution in [0.15, 0.2) is 4.52 Å². The largest absolute Gasteiger partial charge is 0.478 e. The van der Waals surface area contributed by atoms with Gasteiger partial charge in [-0.1, -0.05) is 19.0 Å². The summed E-state index contributed by atoms with van der Waals surface area (Å²) in [6, 6.07) is 0. The van der Waals surface area contributed by atoms with Gasteiger partial charge in [0.05, 0.1) is 11.3 Å². The van der Waals surface area contributed by atoms with Gasteiger partial charge in [0.15, 0.2) is 0 Å². The normalized spacial score (nSPS) is 12.2. The zero-order valence-corrected chi connectivity index (χ0v) is 15.3. The number of aryl methyl sites for hydroxylation is 3. The zero-order chi connectivity index (χ0) is 18.0. The fourth-order valence-electron chi connectivity index (χ4n) is 3.07. The topological polar surface area (TPSA) is 92.4 Å². The van der Waals surface area contributed by atoms with E-state index in [0.717, 1.165) is 21.7 Å². The van der Waals surface area contributed by atoms with Crippen molar-refractivity contribution in [2.45, 2.75) is 53.4 Å². The summed E-state index contributed by atoms with van der Waals surface area (Å²) in [5.74, 6) is -0.574. The highest BCUT2D eigenvalue weighted by Gasteiger charge is 2.24. The molecule has 0 fully saturated rings. The molecular formula is C17H22N2O4S. The highest BCUT2D eigenvalue weighted by Crippen LogP contribution is 2.34. The van der Waals surface area contributed by atoms with Gasteiger partial charge in [-0.05, 0) is 38.7 Å². The number of anilines is 1. The van der Waals surface area contributed by atoms with E-state index >= 15 is 0 Å². The van der Waals surface area contributed by atoms with Gasteiger partial charge >= 0.3 is 5.97 Å². The predicted molar refractivity (Wildman–Crippen MR) is 93.0 cm³/mol. The van der Waals surface area contributed by atoms with Gasteiger partial charge in [-0.15, -0.1) is 11.3 Å². The summed E-state index contributed by atoms with van der Waals surface area (Å²) >= 11 is 1.31. The Hall–Kier alpha value is -2.15. The maximum atomic E-state index is 12.4. The number of hydrogen-bond donors (Lipinski definition) is 2. The van der Waals surface area contributed by atoms with Crippen molar-refractivity contribution < 1.29 is 19.2 Å². The minimum absolute atomic E-state index is 0.0590. The standard InChI is InChI=1S/C17H22N2O4S/c1-6-12-11(5)24-16(15(12)17(21)22)18-13(20)7-8(2)14-9(3)19-23-10(14)4/h8H,6-7H2,1-5H3,(H,18,20)(H,21,22). The Labute approximate surface area is 144 Å². The van der Waals surface area contributed by atoms with Gasteiger partial charge in [0.1, 0.15) is 10.8 Å². The number of carbonyl (C=O) groups is 2. The molecule has 1 atom stereocenters. The van der Waals surface area contributed by atoms with E-state index in [0.29, 0.717) is 17.2 Å². The van der Waals surface area contributed by atoms with Crippen LogP contribution in [0.4, 0.5) is 5.00 Å². The first-order valence-corrected chi connectivity index (χ1v) is 8.66. The molecule has 2 heterocycles. The zero-order valence-electron chi connectivity index (χ0n) is 14.5. The lowest BCUT2D eigenvalue weighted by molar-refractivity contribution is -0.116. The molecule has 2 rings (SSSR count). The van der Waals surface area contributed by atoms with Gasteiger partial charge in [-0.3, -0.25) is 4.79 Å². The number of aromatic carboxylic acids is 1. The summed E-state index contributed by atoms with van der Waals surface area (Å²) in [4.78, 5) is 24.8. The van der Waals surface area contributed by atoms with Gasteiger partial charge in [-0.25, -0.2) is 4.79 Å². The van der Waals surface area contributed by atoms with Crippen molar-refractivity contribution in [1.29, 1.82) is 0 Å². The molecule has 2 N–H and O–H groups in total. The highest BCUT2D eigenvalue weighted by atomic mass is 32.1. The second kappa shape index (κ2) is 7.17. The van der Waals surface area contributed by atoms with Crippen molar-refractivity contribution in [2.24, 2.45) is 0 Å². The summed E-state index contributed by atoms with van der Waals surface area (Å²) in [6.07, 6.45) is 0.857. The van der Waals surface area contributed by atoms with Gasteiger partial charge in [0, 0.05) is 16.9 Å². The molecule has 1 amide bonds. The molecule has 6 nitrogen and oxygen atoms in total. The molecule has 0 radical (unpaired) electrons. The molecule has 0 aliphatic heterocycles. The average molecular weight is 350 g/mol. The monoisotopic (exact) mass is 350 g/mol. The Morgan fingerprint density at radius 2 is 2.00 bits per heavy atom. The fourth-order valence-corrected chi connectivity index (χ4v) is 4.22. The molecule has 0 saturated heterocycles. The lowest BCUT2D eigenvalue weighted by atomic mass is 9.96. The molecule has 130 valence electrons. The lowest BCUT2D eigenvalue weighted by Crippen LogP contribution is -2.16. The van der Waals surface area contributed by atoms with E-state index in [-0.39, 0.29) is 23.8 Å². The second-order valence-electron chi connectivity index (χ2n) is 5.89. The Morgan fingerprint density at radius 1 is 1.33 bits per heavy atom. The third kappa shape index (κ3) is 3.51. The van der Waals surface area contributed by atoms with Gasteiger partial charge in [0.2, 0.25) is 5.91 Å². The first kappa shape index (κ1) is 18.2. The van der Waals surface area contributed by atoms with Crippen LogP contribution in [-0.4, -0.2) is 22.1 Å². The van der Waals surface area contributed by atoms with Gasteiger partial charge in [-0.2, -0.15) is 0 Å². The number of carboxylic acids is 1. The Bertz CT molecular complexity index is 756. The maximum Gasteiger partial charge on any atom is 0.339 e. The minimum atomic E-state index is -1.01. The number of nitrogens with one attached hydrogen (secondary N) is 1. The molecule has 0 saturated carbocycles. The van der Waals surface area contributed by atoms with E-state index in [4.69, 9.17) is 4.52 Å². The van der Waals surface area contributed by atoms with Crippen LogP contribution < -0.4 is 5.32 Å². The Morgan fingerprint density at radius 3 is 2.50 bits per heavy atom. The van der Waals surface area contributed by atoms with Crippen molar-refractivity contribution in [3.8, 4) is 0 Å². The third-order valence-corrected chi connectivity index (χ3v) is 5.17. The molecular weight excluding hydrogens is 328 g/mol. The van der Waals surface area contributed by atoms with Crippen molar-refractivity contribution in [3.63, 3.8) is 0 Å². The number of rotatable bonds is 6. The molecule has 24 heavy (non-hydrogen) atoms. The summed E-state index contributed by atoms with van der Waals surface area (Å²) in [5, 5.41) is 16.5. The van der Waals surface area contributed by atoms with E-state index in [2.05, 4.69) is 10.5 Å². The van der Waals surface area contributed by atoms with E-state index in [1.807, 2.05) is 34.6 Å². The van der Waals surface area contributed by atoms with E-state index in [1.54, 1.807) is 0 Å². The van der Waals surface area contributed by atoms with Crippen LogP contribution in [-0.2, 0) is 11.2 Å². The van der Waals surface area contributed by atoms with Crippen LogP contribution in [0.2, 0.25) is 0 Å². The van der Waals surface area contributed by atoms with E-state index in [9.17, 15) is 14.7 Å². The molecule has 2 aromatic rings. The van der Waals surface area contributed by atoms with Crippen molar-refractivity contribution in [3.05, 3.63) is 33.0 Å². The number of thiophene rings is 1. The van der Waals surface area contributed by atoms with Crippen LogP contribution >= 0.6 is 11.3 Å². The number of amides is 1. The molecule has 0 bridgehead atoms. The van der Waals surface area contributed by atoms with Crippen LogP contribution in [0.3, 0.4) is 0 Å². The van der Waals surface area contributed by atoms with Gasteiger partial charge < -0.3 is 14.9 Å². The van der Waals surface area contributed by atoms with Crippen LogP contribution in [0.25, 0.3) is 0 Å².